The number of hydrogen-bond donors (Lipinski definition) is 2. The van der Waals surface area contributed by atoms with Crippen LogP contribution in [-0.4, -0.2) is 42.8 Å². The van der Waals surface area contributed by atoms with Crippen molar-refractivity contribution in [2.24, 2.45) is 10.4 Å². The number of nitrogens with one attached hydrogen (secondary N) is 2. The molecule has 2 fully saturated rings. The van der Waals surface area contributed by atoms with E-state index in [1.807, 2.05) is 13.1 Å². The molecule has 2 aliphatic carbocycles. The van der Waals surface area contributed by atoms with Crippen molar-refractivity contribution in [3.63, 3.8) is 0 Å². The van der Waals surface area contributed by atoms with E-state index in [1.165, 1.54) is 24.8 Å². The predicted molar refractivity (Wildman–Crippen MR) is 102 cm³/mol. The zero-order chi connectivity index (χ0) is 17.7. The molecule has 1 aromatic heterocycles. The third-order valence-electron chi connectivity index (χ3n) is 5.74. The number of nitrogens with zero attached hydrogens (tertiary/aromatic N) is 2. The second-order valence-electron chi connectivity index (χ2n) is 7.28. The van der Waals surface area contributed by atoms with Gasteiger partial charge >= 0.3 is 0 Å². The van der Waals surface area contributed by atoms with Crippen molar-refractivity contribution in [2.75, 3.05) is 19.7 Å². The van der Waals surface area contributed by atoms with Gasteiger partial charge in [-0.3, -0.25) is 9.98 Å². The Hall–Kier alpha value is -1.62. The van der Waals surface area contributed by atoms with Crippen molar-refractivity contribution >= 4 is 5.96 Å². The van der Waals surface area contributed by atoms with E-state index in [1.54, 1.807) is 0 Å². The van der Waals surface area contributed by atoms with Crippen molar-refractivity contribution in [1.82, 2.24) is 15.6 Å². The SMILES string of the molecule is CCNC(=NCCc1ccc(C)nc1)NC1CC(OCC)C12CCC2. The molecule has 2 atom stereocenters. The molecule has 5 nitrogen and oxygen atoms in total. The summed E-state index contributed by atoms with van der Waals surface area (Å²) in [4.78, 5) is 9.13. The van der Waals surface area contributed by atoms with E-state index in [0.717, 1.165) is 44.2 Å². The molecular formula is C20H32N4O. The van der Waals surface area contributed by atoms with Crippen LogP contribution < -0.4 is 10.6 Å². The van der Waals surface area contributed by atoms with E-state index < -0.39 is 0 Å². The topological polar surface area (TPSA) is 58.5 Å². The zero-order valence-corrected chi connectivity index (χ0v) is 15.8. The van der Waals surface area contributed by atoms with E-state index in [0.29, 0.717) is 17.6 Å². The Balaban J connectivity index is 1.55. The molecule has 0 aliphatic heterocycles. The monoisotopic (exact) mass is 344 g/mol. The molecule has 0 saturated heterocycles. The van der Waals surface area contributed by atoms with Crippen LogP contribution in [0.1, 0.15) is 50.8 Å². The maximum atomic E-state index is 5.95. The molecule has 3 rings (SSSR count). The van der Waals surface area contributed by atoms with Gasteiger partial charge in [-0.1, -0.05) is 12.5 Å². The lowest BCUT2D eigenvalue weighted by Crippen LogP contribution is -2.68. The number of aryl methyl sites for hydroxylation is 1. The molecule has 0 bridgehead atoms. The summed E-state index contributed by atoms with van der Waals surface area (Å²) in [5.74, 6) is 0.939. The van der Waals surface area contributed by atoms with E-state index in [2.05, 4.69) is 41.6 Å². The van der Waals surface area contributed by atoms with Crippen LogP contribution >= 0.6 is 0 Å². The Bertz CT molecular complexity index is 580. The number of aromatic nitrogens is 1. The molecule has 1 spiro atoms. The lowest BCUT2D eigenvalue weighted by Gasteiger charge is -2.61. The first kappa shape index (κ1) is 18.2. The van der Waals surface area contributed by atoms with Crippen LogP contribution in [0.4, 0.5) is 0 Å². The van der Waals surface area contributed by atoms with Gasteiger partial charge in [0.2, 0.25) is 0 Å². The van der Waals surface area contributed by atoms with Gasteiger partial charge < -0.3 is 15.4 Å². The smallest absolute Gasteiger partial charge is 0.191 e. The highest BCUT2D eigenvalue weighted by Crippen LogP contribution is 2.57. The van der Waals surface area contributed by atoms with E-state index in [-0.39, 0.29) is 0 Å². The largest absolute Gasteiger partial charge is 0.378 e. The molecule has 0 amide bonds. The van der Waals surface area contributed by atoms with Gasteiger partial charge in [-0.2, -0.15) is 0 Å². The molecule has 2 aliphatic rings. The van der Waals surface area contributed by atoms with E-state index in [9.17, 15) is 0 Å². The number of aliphatic imine (C=N–C) groups is 1. The number of ether oxygens (including phenoxy) is 1. The van der Waals surface area contributed by atoms with Crippen LogP contribution in [0.25, 0.3) is 0 Å². The van der Waals surface area contributed by atoms with Crippen molar-refractivity contribution in [3.05, 3.63) is 29.6 Å². The fourth-order valence-electron chi connectivity index (χ4n) is 4.07. The Morgan fingerprint density at radius 3 is 2.80 bits per heavy atom. The molecular weight excluding hydrogens is 312 g/mol. The van der Waals surface area contributed by atoms with E-state index in [4.69, 9.17) is 9.73 Å². The van der Waals surface area contributed by atoms with Crippen molar-refractivity contribution < 1.29 is 4.74 Å². The molecule has 2 N–H and O–H groups in total. The molecule has 1 aromatic rings. The van der Waals surface area contributed by atoms with Crippen LogP contribution in [-0.2, 0) is 11.2 Å². The number of hydrogen-bond acceptors (Lipinski definition) is 3. The fourth-order valence-corrected chi connectivity index (χ4v) is 4.07. The summed E-state index contributed by atoms with van der Waals surface area (Å²) in [6.07, 6.45) is 8.29. The van der Waals surface area contributed by atoms with Crippen LogP contribution in [0.5, 0.6) is 0 Å². The lowest BCUT2D eigenvalue weighted by atomic mass is 9.51. The highest BCUT2D eigenvalue weighted by molar-refractivity contribution is 5.80. The lowest BCUT2D eigenvalue weighted by molar-refractivity contribution is -0.168. The summed E-state index contributed by atoms with van der Waals surface area (Å²) >= 11 is 0. The summed E-state index contributed by atoms with van der Waals surface area (Å²) in [6, 6.07) is 4.70. The van der Waals surface area contributed by atoms with Gasteiger partial charge in [0.15, 0.2) is 5.96 Å². The van der Waals surface area contributed by atoms with Gasteiger partial charge in [0.25, 0.3) is 0 Å². The average Bonchev–Trinajstić information content (AvgIpc) is 2.54. The normalized spacial score (nSPS) is 24.5. The summed E-state index contributed by atoms with van der Waals surface area (Å²) in [7, 11) is 0. The molecule has 1 heterocycles. The maximum absolute atomic E-state index is 5.95. The van der Waals surface area contributed by atoms with Crippen LogP contribution in [0.3, 0.4) is 0 Å². The first-order valence-electron chi connectivity index (χ1n) is 9.76. The molecule has 25 heavy (non-hydrogen) atoms. The Morgan fingerprint density at radius 1 is 1.36 bits per heavy atom. The second kappa shape index (κ2) is 8.17. The van der Waals surface area contributed by atoms with Gasteiger partial charge in [-0.05, 0) is 58.1 Å². The molecule has 2 saturated carbocycles. The van der Waals surface area contributed by atoms with Gasteiger partial charge in [-0.15, -0.1) is 0 Å². The standard InChI is InChI=1S/C20H32N4O/c1-4-21-19(22-12-9-16-8-7-15(3)23-14-16)24-17-13-18(25-5-2)20(17)10-6-11-20/h7-8,14,17-18H,4-6,9-13H2,1-3H3,(H2,21,22,24). The number of guanidine groups is 1. The highest BCUT2D eigenvalue weighted by Gasteiger charge is 2.59. The molecule has 2 unspecified atom stereocenters. The van der Waals surface area contributed by atoms with Crippen LogP contribution in [0.15, 0.2) is 23.3 Å². The van der Waals surface area contributed by atoms with Crippen LogP contribution in [0.2, 0.25) is 0 Å². The fraction of sp³-hybridized carbons (Fsp3) is 0.700. The van der Waals surface area contributed by atoms with E-state index >= 15 is 0 Å². The molecule has 0 radical (unpaired) electrons. The summed E-state index contributed by atoms with van der Waals surface area (Å²) < 4.78 is 5.95. The Labute approximate surface area is 151 Å². The van der Waals surface area contributed by atoms with Gasteiger partial charge in [0, 0.05) is 43.0 Å². The first-order valence-corrected chi connectivity index (χ1v) is 9.76. The summed E-state index contributed by atoms with van der Waals surface area (Å²) in [5.41, 5.74) is 2.65. The second-order valence-corrected chi connectivity index (χ2v) is 7.28. The number of pyridine rings is 1. The minimum atomic E-state index is 0.354. The van der Waals surface area contributed by atoms with Gasteiger partial charge in [0.1, 0.15) is 0 Å². The van der Waals surface area contributed by atoms with Crippen LogP contribution in [0, 0.1) is 12.3 Å². The Kier molecular flexibility index (Phi) is 5.94. The quantitative estimate of drug-likeness (QED) is 0.590. The van der Waals surface area contributed by atoms with Crippen molar-refractivity contribution in [2.45, 2.75) is 65.0 Å². The minimum Gasteiger partial charge on any atom is -0.378 e. The van der Waals surface area contributed by atoms with Gasteiger partial charge in [-0.25, -0.2) is 0 Å². The molecule has 5 heteroatoms. The highest BCUT2D eigenvalue weighted by atomic mass is 16.5. The Morgan fingerprint density at radius 2 is 2.20 bits per heavy atom. The third kappa shape index (κ3) is 3.97. The van der Waals surface area contributed by atoms with Gasteiger partial charge in [0.05, 0.1) is 6.10 Å². The minimum absolute atomic E-state index is 0.354. The van der Waals surface area contributed by atoms with Crippen molar-refractivity contribution in [1.29, 1.82) is 0 Å². The molecule has 0 aromatic carbocycles. The maximum Gasteiger partial charge on any atom is 0.191 e. The third-order valence-corrected chi connectivity index (χ3v) is 5.74. The average molecular weight is 345 g/mol. The number of rotatable bonds is 7. The van der Waals surface area contributed by atoms with Crippen molar-refractivity contribution in [3.8, 4) is 0 Å². The zero-order valence-electron chi connectivity index (χ0n) is 15.8. The summed E-state index contributed by atoms with van der Waals surface area (Å²) in [6.45, 7) is 8.70. The summed E-state index contributed by atoms with van der Waals surface area (Å²) in [5, 5.41) is 7.07. The first-order chi connectivity index (χ1) is 12.2. The predicted octanol–water partition coefficient (Wildman–Crippen LogP) is 2.84. The molecule has 138 valence electrons.